The fourth-order valence-electron chi connectivity index (χ4n) is 1.84. The van der Waals surface area contributed by atoms with E-state index in [9.17, 15) is 0 Å². The summed E-state index contributed by atoms with van der Waals surface area (Å²) in [6, 6.07) is 4.49. The summed E-state index contributed by atoms with van der Waals surface area (Å²) >= 11 is 7.78. The first-order valence-electron chi connectivity index (χ1n) is 5.93. The molecule has 0 N–H and O–H groups in total. The third kappa shape index (κ3) is 3.16. The topological polar surface area (TPSA) is 38.3 Å². The predicted molar refractivity (Wildman–Crippen MR) is 79.5 cm³/mol. The molecule has 0 aliphatic rings. The van der Waals surface area contributed by atoms with Crippen LogP contribution in [0, 0.1) is 0 Å². The van der Waals surface area contributed by atoms with Crippen LogP contribution in [-0.2, 0) is 6.42 Å². The van der Waals surface area contributed by atoms with Crippen molar-refractivity contribution in [1.82, 2.24) is 9.97 Å². The Hall–Kier alpha value is -1.33. The molecule has 0 bridgehead atoms. The van der Waals surface area contributed by atoms with Crippen LogP contribution in [0.1, 0.15) is 11.8 Å². The zero-order chi connectivity index (χ0) is 13.8. The van der Waals surface area contributed by atoms with Gasteiger partial charge in [-0.25, -0.2) is 9.97 Å². The third-order valence-electron chi connectivity index (χ3n) is 3.02. The van der Waals surface area contributed by atoms with Gasteiger partial charge >= 0.3 is 0 Å². The van der Waals surface area contributed by atoms with E-state index in [2.05, 4.69) is 39.3 Å². The van der Waals surface area contributed by atoms with Gasteiger partial charge in [0, 0.05) is 24.4 Å². The maximum absolute atomic E-state index is 6.02. The standard InChI is InChI=1S/C13H16ClN3OS/c1-9(7-10-5-4-6-19-10)17(2)13-11(18-3)12(14)15-8-16-13/h4-6,8-9H,7H2,1-3H3. The Labute approximate surface area is 122 Å². The van der Waals surface area contributed by atoms with Crippen molar-refractivity contribution in [3.63, 3.8) is 0 Å². The zero-order valence-corrected chi connectivity index (χ0v) is 12.7. The summed E-state index contributed by atoms with van der Waals surface area (Å²) in [7, 11) is 3.56. The zero-order valence-electron chi connectivity index (χ0n) is 11.1. The van der Waals surface area contributed by atoms with Crippen LogP contribution < -0.4 is 9.64 Å². The van der Waals surface area contributed by atoms with Gasteiger partial charge in [0.1, 0.15) is 6.33 Å². The molecule has 0 aromatic carbocycles. The normalized spacial score (nSPS) is 12.2. The molecule has 0 saturated carbocycles. The molecule has 0 saturated heterocycles. The lowest BCUT2D eigenvalue weighted by Crippen LogP contribution is -2.31. The molecule has 2 aromatic heterocycles. The summed E-state index contributed by atoms with van der Waals surface area (Å²) in [5.74, 6) is 1.23. The maximum Gasteiger partial charge on any atom is 0.199 e. The second kappa shape index (κ2) is 6.21. The predicted octanol–water partition coefficient (Wildman–Crippen LogP) is 3.27. The number of rotatable bonds is 5. The maximum atomic E-state index is 6.02. The average molecular weight is 298 g/mol. The molecular weight excluding hydrogens is 282 g/mol. The highest BCUT2D eigenvalue weighted by atomic mass is 35.5. The van der Waals surface area contributed by atoms with E-state index in [-0.39, 0.29) is 0 Å². The molecule has 0 spiro atoms. The van der Waals surface area contributed by atoms with Gasteiger partial charge in [0.25, 0.3) is 0 Å². The molecule has 2 aromatic rings. The Morgan fingerprint density at radius 3 is 2.89 bits per heavy atom. The summed E-state index contributed by atoms with van der Waals surface area (Å²) in [6.45, 7) is 2.15. The molecule has 0 amide bonds. The van der Waals surface area contributed by atoms with Gasteiger partial charge in [-0.2, -0.15) is 0 Å². The molecule has 2 rings (SSSR count). The molecule has 19 heavy (non-hydrogen) atoms. The van der Waals surface area contributed by atoms with Gasteiger partial charge in [0.15, 0.2) is 16.7 Å². The highest BCUT2D eigenvalue weighted by Gasteiger charge is 2.19. The minimum absolute atomic E-state index is 0.290. The smallest absolute Gasteiger partial charge is 0.199 e. The van der Waals surface area contributed by atoms with Crippen molar-refractivity contribution < 1.29 is 4.74 Å². The summed E-state index contributed by atoms with van der Waals surface area (Å²) in [5, 5.41) is 2.42. The van der Waals surface area contributed by atoms with Gasteiger partial charge < -0.3 is 9.64 Å². The molecule has 1 atom stereocenters. The van der Waals surface area contributed by atoms with E-state index >= 15 is 0 Å². The fourth-order valence-corrected chi connectivity index (χ4v) is 2.87. The molecule has 102 valence electrons. The second-order valence-electron chi connectivity index (χ2n) is 4.26. The Kier molecular flexibility index (Phi) is 4.61. The molecule has 0 aliphatic heterocycles. The number of likely N-dealkylation sites (N-methyl/N-ethyl adjacent to an activating group) is 1. The number of ether oxygens (including phenoxy) is 1. The molecular formula is C13H16ClN3OS. The van der Waals surface area contributed by atoms with Crippen molar-refractivity contribution in [2.24, 2.45) is 0 Å². The summed E-state index contributed by atoms with van der Waals surface area (Å²) in [6.07, 6.45) is 2.41. The van der Waals surface area contributed by atoms with Crippen molar-refractivity contribution in [3.05, 3.63) is 33.9 Å². The number of hydrogen-bond acceptors (Lipinski definition) is 5. The van der Waals surface area contributed by atoms with E-state index in [0.29, 0.717) is 22.8 Å². The lowest BCUT2D eigenvalue weighted by Gasteiger charge is -2.26. The van der Waals surface area contributed by atoms with E-state index in [1.807, 2.05) is 7.05 Å². The van der Waals surface area contributed by atoms with Crippen LogP contribution in [0.25, 0.3) is 0 Å². The molecule has 0 fully saturated rings. The van der Waals surface area contributed by atoms with Crippen molar-refractivity contribution >= 4 is 28.8 Å². The van der Waals surface area contributed by atoms with Crippen molar-refractivity contribution in [1.29, 1.82) is 0 Å². The number of thiophene rings is 1. The number of anilines is 1. The van der Waals surface area contributed by atoms with Gasteiger partial charge in [0.2, 0.25) is 0 Å². The Morgan fingerprint density at radius 1 is 1.47 bits per heavy atom. The van der Waals surface area contributed by atoms with Crippen LogP contribution in [0.15, 0.2) is 23.8 Å². The minimum atomic E-state index is 0.290. The lowest BCUT2D eigenvalue weighted by atomic mass is 10.2. The number of methoxy groups -OCH3 is 1. The monoisotopic (exact) mass is 297 g/mol. The second-order valence-corrected chi connectivity index (χ2v) is 5.66. The lowest BCUT2D eigenvalue weighted by molar-refractivity contribution is 0.409. The van der Waals surface area contributed by atoms with E-state index in [4.69, 9.17) is 16.3 Å². The van der Waals surface area contributed by atoms with Crippen LogP contribution in [-0.4, -0.2) is 30.2 Å². The summed E-state index contributed by atoms with van der Waals surface area (Å²) in [5.41, 5.74) is 0. The van der Waals surface area contributed by atoms with Gasteiger partial charge in [0.05, 0.1) is 7.11 Å². The van der Waals surface area contributed by atoms with Crippen LogP contribution in [0.3, 0.4) is 0 Å². The van der Waals surface area contributed by atoms with E-state index in [1.54, 1.807) is 18.4 Å². The van der Waals surface area contributed by atoms with E-state index in [0.717, 1.165) is 6.42 Å². The Morgan fingerprint density at radius 2 is 2.26 bits per heavy atom. The quantitative estimate of drug-likeness (QED) is 0.794. The molecule has 2 heterocycles. The van der Waals surface area contributed by atoms with Gasteiger partial charge in [-0.1, -0.05) is 17.7 Å². The number of aromatic nitrogens is 2. The number of nitrogens with zero attached hydrogens (tertiary/aromatic N) is 3. The number of hydrogen-bond donors (Lipinski definition) is 0. The van der Waals surface area contributed by atoms with Gasteiger partial charge in [-0.3, -0.25) is 0 Å². The Balaban J connectivity index is 2.19. The average Bonchev–Trinajstić information content (AvgIpc) is 2.90. The SMILES string of the molecule is COc1c(Cl)ncnc1N(C)C(C)Cc1cccs1. The summed E-state index contributed by atoms with van der Waals surface area (Å²) in [4.78, 5) is 11.6. The summed E-state index contributed by atoms with van der Waals surface area (Å²) < 4.78 is 5.29. The molecule has 0 aliphatic carbocycles. The van der Waals surface area contributed by atoms with Crippen molar-refractivity contribution in [3.8, 4) is 5.75 Å². The van der Waals surface area contributed by atoms with Crippen LogP contribution in [0.5, 0.6) is 5.75 Å². The van der Waals surface area contributed by atoms with Crippen molar-refractivity contribution in [2.45, 2.75) is 19.4 Å². The molecule has 1 unspecified atom stereocenters. The Bertz CT molecular complexity index is 533. The van der Waals surface area contributed by atoms with Crippen molar-refractivity contribution in [2.75, 3.05) is 19.1 Å². The van der Waals surface area contributed by atoms with Crippen LogP contribution in [0.2, 0.25) is 5.15 Å². The first-order valence-corrected chi connectivity index (χ1v) is 7.19. The molecule has 4 nitrogen and oxygen atoms in total. The molecule has 6 heteroatoms. The highest BCUT2D eigenvalue weighted by Crippen LogP contribution is 2.32. The highest BCUT2D eigenvalue weighted by molar-refractivity contribution is 7.09. The van der Waals surface area contributed by atoms with E-state index < -0.39 is 0 Å². The fraction of sp³-hybridized carbons (Fsp3) is 0.385. The first-order chi connectivity index (χ1) is 9.13. The molecule has 0 radical (unpaired) electrons. The largest absolute Gasteiger partial charge is 0.490 e. The third-order valence-corrected chi connectivity index (χ3v) is 4.19. The van der Waals surface area contributed by atoms with E-state index in [1.165, 1.54) is 11.2 Å². The van der Waals surface area contributed by atoms with Crippen LogP contribution in [0.4, 0.5) is 5.82 Å². The van der Waals surface area contributed by atoms with Gasteiger partial charge in [-0.05, 0) is 18.4 Å². The number of halogens is 1. The first kappa shape index (κ1) is 14.1. The van der Waals surface area contributed by atoms with Gasteiger partial charge in [-0.15, -0.1) is 11.3 Å². The van der Waals surface area contributed by atoms with Crippen LogP contribution >= 0.6 is 22.9 Å². The minimum Gasteiger partial charge on any atom is -0.490 e.